The van der Waals surface area contributed by atoms with Gasteiger partial charge >= 0.3 is 0 Å². The fourth-order valence-corrected chi connectivity index (χ4v) is 3.54. The lowest BCUT2D eigenvalue weighted by atomic mass is 10.0. The minimum Gasteiger partial charge on any atom is -0.493 e. The lowest BCUT2D eigenvalue weighted by molar-refractivity contribution is -0.107. The maximum Gasteiger partial charge on any atom is 0.127 e. The molecule has 4 aromatic rings. The first-order valence-electron chi connectivity index (χ1n) is 10.2. The Hall–Kier alpha value is -3.66. The Morgan fingerprint density at radius 3 is 2.47 bits per heavy atom. The summed E-state index contributed by atoms with van der Waals surface area (Å²) in [6.07, 6.45) is 1.40. The van der Waals surface area contributed by atoms with Crippen LogP contribution < -0.4 is 10.1 Å². The highest BCUT2D eigenvalue weighted by molar-refractivity contribution is 5.94. The van der Waals surface area contributed by atoms with Crippen LogP contribution in [0.3, 0.4) is 0 Å². The van der Waals surface area contributed by atoms with Crippen molar-refractivity contribution in [3.8, 4) is 28.1 Å². The van der Waals surface area contributed by atoms with Crippen molar-refractivity contribution >= 4 is 22.9 Å². The molecule has 0 bridgehead atoms. The highest BCUT2D eigenvalue weighted by atomic mass is 16.5. The second-order valence-electron chi connectivity index (χ2n) is 6.96. The van der Waals surface area contributed by atoms with E-state index >= 15 is 0 Å². The summed E-state index contributed by atoms with van der Waals surface area (Å²) in [6, 6.07) is 26.5. The third kappa shape index (κ3) is 4.18. The molecule has 0 aliphatic heterocycles. The average Bonchev–Trinajstić information content (AvgIpc) is 2.80. The lowest BCUT2D eigenvalue weighted by Crippen LogP contribution is -2.03. The van der Waals surface area contributed by atoms with Crippen molar-refractivity contribution in [2.75, 3.05) is 18.5 Å². The molecule has 0 spiro atoms. The number of hydrogen-bond donors (Lipinski definition) is 1. The van der Waals surface area contributed by atoms with Gasteiger partial charge < -0.3 is 14.8 Å². The van der Waals surface area contributed by atoms with E-state index in [1.54, 1.807) is 0 Å². The van der Waals surface area contributed by atoms with Gasteiger partial charge in [0.15, 0.2) is 0 Å². The summed E-state index contributed by atoms with van der Waals surface area (Å²) >= 11 is 0. The molecule has 4 rings (SSSR count). The van der Waals surface area contributed by atoms with Crippen LogP contribution in [0.4, 0.5) is 5.69 Å². The third-order valence-corrected chi connectivity index (χ3v) is 4.97. The van der Waals surface area contributed by atoms with Crippen LogP contribution in [0.2, 0.25) is 0 Å². The van der Waals surface area contributed by atoms with E-state index in [1.165, 1.54) is 0 Å². The van der Waals surface area contributed by atoms with Gasteiger partial charge in [-0.3, -0.25) is 0 Å². The number of aromatic nitrogens is 1. The van der Waals surface area contributed by atoms with Gasteiger partial charge in [0, 0.05) is 35.2 Å². The van der Waals surface area contributed by atoms with E-state index in [0.717, 1.165) is 51.0 Å². The minimum atomic E-state index is 0.472. The molecule has 0 atom stereocenters. The van der Waals surface area contributed by atoms with Crippen LogP contribution >= 0.6 is 0 Å². The number of anilines is 1. The Kier molecular flexibility index (Phi) is 6.04. The first-order chi connectivity index (χ1) is 14.8. The van der Waals surface area contributed by atoms with E-state index in [1.807, 2.05) is 49.4 Å². The van der Waals surface area contributed by atoms with Crippen LogP contribution in [0, 0.1) is 0 Å². The van der Waals surface area contributed by atoms with Crippen molar-refractivity contribution in [1.82, 2.24) is 4.98 Å². The predicted molar refractivity (Wildman–Crippen MR) is 123 cm³/mol. The van der Waals surface area contributed by atoms with Crippen LogP contribution in [0.5, 0.6) is 5.75 Å². The molecule has 0 radical (unpaired) electrons. The molecule has 0 aliphatic rings. The number of benzene rings is 3. The molecule has 30 heavy (non-hydrogen) atoms. The average molecular weight is 396 g/mol. The standard InChI is InChI=1S/C26H24N2O2/c1-2-30-26-11-6-4-8-21(26)19-12-14-20(15-13-19)24-18-25(27-16-7-17-29)22-9-3-5-10-23(22)28-24/h3-6,8-15,17-18H,2,7,16H2,1H3,(H,27,28). The number of carbonyl (C=O) groups excluding carboxylic acids is 1. The summed E-state index contributed by atoms with van der Waals surface area (Å²) < 4.78 is 5.77. The van der Waals surface area contributed by atoms with Gasteiger partial charge in [0.1, 0.15) is 12.0 Å². The van der Waals surface area contributed by atoms with Gasteiger partial charge in [0.05, 0.1) is 17.8 Å². The van der Waals surface area contributed by atoms with Gasteiger partial charge in [-0.25, -0.2) is 4.98 Å². The Balaban J connectivity index is 1.70. The second-order valence-corrected chi connectivity index (χ2v) is 6.96. The summed E-state index contributed by atoms with van der Waals surface area (Å²) in [5.41, 5.74) is 6.03. The number of hydrogen-bond acceptors (Lipinski definition) is 4. The number of aldehydes is 1. The molecule has 1 N–H and O–H groups in total. The molecule has 4 nitrogen and oxygen atoms in total. The van der Waals surface area contributed by atoms with Crippen molar-refractivity contribution in [2.24, 2.45) is 0 Å². The summed E-state index contributed by atoms with van der Waals surface area (Å²) in [4.78, 5) is 15.5. The molecule has 0 fully saturated rings. The maximum atomic E-state index is 10.7. The van der Waals surface area contributed by atoms with Gasteiger partial charge in [-0.05, 0) is 30.7 Å². The summed E-state index contributed by atoms with van der Waals surface area (Å²) in [6.45, 7) is 3.23. The van der Waals surface area contributed by atoms with E-state index in [9.17, 15) is 4.79 Å². The van der Waals surface area contributed by atoms with Crippen molar-refractivity contribution in [2.45, 2.75) is 13.3 Å². The SMILES string of the molecule is CCOc1ccccc1-c1ccc(-c2cc(NCCC=O)c3ccccc3n2)cc1. The largest absolute Gasteiger partial charge is 0.493 e. The van der Waals surface area contributed by atoms with Crippen LogP contribution in [-0.2, 0) is 4.79 Å². The monoisotopic (exact) mass is 396 g/mol. The molecule has 0 aliphatic carbocycles. The third-order valence-electron chi connectivity index (χ3n) is 4.97. The Morgan fingerprint density at radius 1 is 0.933 bits per heavy atom. The smallest absolute Gasteiger partial charge is 0.127 e. The number of para-hydroxylation sites is 2. The minimum absolute atomic E-state index is 0.472. The molecule has 150 valence electrons. The zero-order chi connectivity index (χ0) is 20.8. The molecular weight excluding hydrogens is 372 g/mol. The zero-order valence-corrected chi connectivity index (χ0v) is 17.0. The Morgan fingerprint density at radius 2 is 1.67 bits per heavy atom. The molecular formula is C26H24N2O2. The number of rotatable bonds is 8. The Bertz CT molecular complexity index is 1150. The van der Waals surface area contributed by atoms with Crippen molar-refractivity contribution in [3.05, 3.63) is 78.9 Å². The van der Waals surface area contributed by atoms with Crippen LogP contribution in [0.25, 0.3) is 33.3 Å². The van der Waals surface area contributed by atoms with E-state index in [-0.39, 0.29) is 0 Å². The first-order valence-corrected chi connectivity index (χ1v) is 10.2. The molecule has 3 aromatic carbocycles. The maximum absolute atomic E-state index is 10.7. The van der Waals surface area contributed by atoms with Gasteiger partial charge in [-0.1, -0.05) is 60.7 Å². The highest BCUT2D eigenvalue weighted by Crippen LogP contribution is 2.33. The van der Waals surface area contributed by atoms with E-state index in [0.29, 0.717) is 19.6 Å². The number of ether oxygens (including phenoxy) is 1. The summed E-state index contributed by atoms with van der Waals surface area (Å²) in [5, 5.41) is 4.42. The van der Waals surface area contributed by atoms with Gasteiger partial charge in [0.2, 0.25) is 0 Å². The van der Waals surface area contributed by atoms with E-state index in [2.05, 4.69) is 41.7 Å². The number of fused-ring (bicyclic) bond motifs is 1. The number of nitrogens with zero attached hydrogens (tertiary/aromatic N) is 1. The number of carbonyl (C=O) groups is 1. The molecule has 4 heteroatoms. The van der Waals surface area contributed by atoms with Crippen LogP contribution in [0.15, 0.2) is 78.9 Å². The van der Waals surface area contributed by atoms with Crippen molar-refractivity contribution < 1.29 is 9.53 Å². The lowest BCUT2D eigenvalue weighted by Gasteiger charge is -2.13. The molecule has 0 amide bonds. The number of nitrogens with one attached hydrogen (secondary N) is 1. The second kappa shape index (κ2) is 9.23. The summed E-state index contributed by atoms with van der Waals surface area (Å²) in [5.74, 6) is 0.887. The van der Waals surface area contributed by atoms with Crippen molar-refractivity contribution in [1.29, 1.82) is 0 Å². The van der Waals surface area contributed by atoms with Gasteiger partial charge in [-0.15, -0.1) is 0 Å². The van der Waals surface area contributed by atoms with Crippen LogP contribution in [-0.4, -0.2) is 24.4 Å². The molecule has 0 saturated heterocycles. The van der Waals surface area contributed by atoms with E-state index in [4.69, 9.17) is 9.72 Å². The molecule has 0 unspecified atom stereocenters. The van der Waals surface area contributed by atoms with E-state index < -0.39 is 0 Å². The molecule has 1 aromatic heterocycles. The number of pyridine rings is 1. The quantitative estimate of drug-likeness (QED) is 0.294. The fourth-order valence-electron chi connectivity index (χ4n) is 3.54. The highest BCUT2D eigenvalue weighted by Gasteiger charge is 2.09. The van der Waals surface area contributed by atoms with Crippen LogP contribution in [0.1, 0.15) is 13.3 Å². The van der Waals surface area contributed by atoms with Crippen molar-refractivity contribution in [3.63, 3.8) is 0 Å². The summed E-state index contributed by atoms with van der Waals surface area (Å²) in [7, 11) is 0. The van der Waals surface area contributed by atoms with Gasteiger partial charge in [-0.2, -0.15) is 0 Å². The van der Waals surface area contributed by atoms with Gasteiger partial charge in [0.25, 0.3) is 0 Å². The topological polar surface area (TPSA) is 51.2 Å². The molecule has 1 heterocycles. The zero-order valence-electron chi connectivity index (χ0n) is 17.0. The molecule has 0 saturated carbocycles. The first kappa shape index (κ1) is 19.6. The Labute approximate surface area is 176 Å². The normalized spacial score (nSPS) is 10.7. The fraction of sp³-hybridized carbons (Fsp3) is 0.154. The predicted octanol–water partition coefficient (Wildman–Crippen LogP) is 5.97.